The Morgan fingerprint density at radius 2 is 1.60 bits per heavy atom. The maximum Gasteiger partial charge on any atom is 0.221 e. The third-order valence-corrected chi connectivity index (χ3v) is 2.95. The average Bonchev–Trinajstić information content (AvgIpc) is 2.42. The van der Waals surface area contributed by atoms with Crippen molar-refractivity contribution in [3.8, 4) is 5.75 Å². The molecule has 0 saturated carbocycles. The van der Waals surface area contributed by atoms with Gasteiger partial charge in [0.15, 0.2) is 0 Å². The fraction of sp³-hybridized carbons (Fsp3) is 0.188. The van der Waals surface area contributed by atoms with Crippen molar-refractivity contribution in [1.29, 1.82) is 0 Å². The SMILES string of the molecule is CC(=O)Nc1ccccc1CNCc1ccccc1O. The van der Waals surface area contributed by atoms with Crippen LogP contribution in [0, 0.1) is 0 Å². The van der Waals surface area contributed by atoms with E-state index >= 15 is 0 Å². The molecule has 2 aromatic rings. The largest absolute Gasteiger partial charge is 0.508 e. The molecule has 4 heteroatoms. The van der Waals surface area contributed by atoms with Gasteiger partial charge in [0.2, 0.25) is 5.91 Å². The number of rotatable bonds is 5. The summed E-state index contributed by atoms with van der Waals surface area (Å²) in [6, 6.07) is 14.9. The smallest absolute Gasteiger partial charge is 0.221 e. The van der Waals surface area contributed by atoms with Gasteiger partial charge in [-0.2, -0.15) is 0 Å². The predicted octanol–water partition coefficient (Wildman–Crippen LogP) is 2.64. The number of carbonyl (C=O) groups excluding carboxylic acids is 1. The molecule has 3 N–H and O–H groups in total. The van der Waals surface area contributed by atoms with Crippen molar-refractivity contribution >= 4 is 11.6 Å². The Bertz CT molecular complexity index is 597. The molecule has 2 aromatic carbocycles. The van der Waals surface area contributed by atoms with Gasteiger partial charge in [-0.15, -0.1) is 0 Å². The molecule has 0 aliphatic carbocycles. The standard InChI is InChI=1S/C16H18N2O2/c1-12(19)18-15-8-4-2-6-13(15)10-17-11-14-7-3-5-9-16(14)20/h2-9,17,20H,10-11H2,1H3,(H,18,19). The molecule has 0 bridgehead atoms. The van der Waals surface area contributed by atoms with Crippen LogP contribution in [0.5, 0.6) is 5.75 Å². The Morgan fingerprint density at radius 1 is 1.00 bits per heavy atom. The van der Waals surface area contributed by atoms with Crippen molar-refractivity contribution in [3.05, 3.63) is 59.7 Å². The number of nitrogens with one attached hydrogen (secondary N) is 2. The summed E-state index contributed by atoms with van der Waals surface area (Å²) in [5.41, 5.74) is 2.67. The quantitative estimate of drug-likeness (QED) is 0.782. The number of benzene rings is 2. The van der Waals surface area contributed by atoms with Crippen LogP contribution in [0.15, 0.2) is 48.5 Å². The van der Waals surface area contributed by atoms with Gasteiger partial charge in [0.1, 0.15) is 5.75 Å². The second-order valence-electron chi connectivity index (χ2n) is 4.57. The lowest BCUT2D eigenvalue weighted by molar-refractivity contribution is -0.114. The first-order chi connectivity index (χ1) is 9.66. The van der Waals surface area contributed by atoms with E-state index in [2.05, 4.69) is 10.6 Å². The summed E-state index contributed by atoms with van der Waals surface area (Å²) in [7, 11) is 0. The van der Waals surface area contributed by atoms with Gasteiger partial charge < -0.3 is 15.7 Å². The van der Waals surface area contributed by atoms with E-state index in [0.717, 1.165) is 16.8 Å². The first-order valence-electron chi connectivity index (χ1n) is 6.50. The Kier molecular flexibility index (Phi) is 4.74. The first-order valence-corrected chi connectivity index (χ1v) is 6.50. The summed E-state index contributed by atoms with van der Waals surface area (Å²) < 4.78 is 0. The van der Waals surface area contributed by atoms with E-state index in [0.29, 0.717) is 13.1 Å². The Morgan fingerprint density at radius 3 is 2.30 bits per heavy atom. The Labute approximate surface area is 118 Å². The van der Waals surface area contributed by atoms with E-state index in [4.69, 9.17) is 0 Å². The molecule has 0 saturated heterocycles. The van der Waals surface area contributed by atoms with Crippen molar-refractivity contribution in [2.75, 3.05) is 5.32 Å². The lowest BCUT2D eigenvalue weighted by Crippen LogP contribution is -2.15. The summed E-state index contributed by atoms with van der Waals surface area (Å²) >= 11 is 0. The van der Waals surface area contributed by atoms with E-state index in [1.807, 2.05) is 36.4 Å². The molecular formula is C16H18N2O2. The molecule has 20 heavy (non-hydrogen) atoms. The minimum Gasteiger partial charge on any atom is -0.508 e. The minimum atomic E-state index is -0.0850. The van der Waals surface area contributed by atoms with E-state index in [-0.39, 0.29) is 11.7 Å². The number of anilines is 1. The molecule has 2 rings (SSSR count). The van der Waals surface area contributed by atoms with Gasteiger partial charge in [-0.1, -0.05) is 36.4 Å². The van der Waals surface area contributed by atoms with Crippen LogP contribution in [0.2, 0.25) is 0 Å². The Balaban J connectivity index is 1.97. The van der Waals surface area contributed by atoms with Crippen molar-refractivity contribution in [2.24, 2.45) is 0 Å². The number of carbonyl (C=O) groups is 1. The molecule has 0 unspecified atom stereocenters. The number of hydrogen-bond acceptors (Lipinski definition) is 3. The van der Waals surface area contributed by atoms with Crippen LogP contribution in [0.25, 0.3) is 0 Å². The maximum atomic E-state index is 11.1. The van der Waals surface area contributed by atoms with E-state index in [9.17, 15) is 9.90 Å². The van der Waals surface area contributed by atoms with Gasteiger partial charge in [0, 0.05) is 31.3 Å². The molecule has 0 atom stereocenters. The molecule has 0 heterocycles. The van der Waals surface area contributed by atoms with Crippen LogP contribution in [0.4, 0.5) is 5.69 Å². The van der Waals surface area contributed by atoms with Crippen molar-refractivity contribution < 1.29 is 9.90 Å². The second kappa shape index (κ2) is 6.73. The molecule has 1 amide bonds. The molecule has 0 spiro atoms. The average molecular weight is 270 g/mol. The Hall–Kier alpha value is -2.33. The van der Waals surface area contributed by atoms with Crippen LogP contribution in [0.1, 0.15) is 18.1 Å². The summed E-state index contributed by atoms with van der Waals surface area (Å²) in [6.07, 6.45) is 0. The molecule has 0 fully saturated rings. The predicted molar refractivity (Wildman–Crippen MR) is 79.4 cm³/mol. The van der Waals surface area contributed by atoms with Gasteiger partial charge in [-0.25, -0.2) is 0 Å². The van der Waals surface area contributed by atoms with Crippen molar-refractivity contribution in [2.45, 2.75) is 20.0 Å². The molecule has 0 aliphatic heterocycles. The summed E-state index contributed by atoms with van der Waals surface area (Å²) in [6.45, 7) is 2.68. The van der Waals surface area contributed by atoms with Crippen molar-refractivity contribution in [1.82, 2.24) is 5.32 Å². The number of aromatic hydroxyl groups is 1. The molecule has 0 aliphatic rings. The number of para-hydroxylation sites is 2. The topological polar surface area (TPSA) is 61.4 Å². The van der Waals surface area contributed by atoms with E-state index in [1.54, 1.807) is 12.1 Å². The highest BCUT2D eigenvalue weighted by molar-refractivity contribution is 5.89. The summed E-state index contributed by atoms with van der Waals surface area (Å²) in [5, 5.41) is 15.8. The van der Waals surface area contributed by atoms with Gasteiger partial charge in [-0.3, -0.25) is 4.79 Å². The summed E-state index contributed by atoms with van der Waals surface area (Å²) in [4.78, 5) is 11.1. The zero-order valence-electron chi connectivity index (χ0n) is 11.4. The number of amides is 1. The third kappa shape index (κ3) is 3.83. The number of hydrogen-bond donors (Lipinski definition) is 3. The number of phenols is 1. The highest BCUT2D eigenvalue weighted by atomic mass is 16.3. The van der Waals surface area contributed by atoms with Crippen LogP contribution < -0.4 is 10.6 Å². The normalized spacial score (nSPS) is 10.2. The molecule has 0 aromatic heterocycles. The fourth-order valence-corrected chi connectivity index (χ4v) is 1.98. The van der Waals surface area contributed by atoms with Gasteiger partial charge in [-0.05, 0) is 17.7 Å². The molecule has 4 nitrogen and oxygen atoms in total. The zero-order chi connectivity index (χ0) is 14.4. The minimum absolute atomic E-state index is 0.0850. The monoisotopic (exact) mass is 270 g/mol. The van der Waals surface area contributed by atoms with Crippen LogP contribution in [-0.2, 0) is 17.9 Å². The fourth-order valence-electron chi connectivity index (χ4n) is 1.98. The van der Waals surface area contributed by atoms with Crippen LogP contribution in [-0.4, -0.2) is 11.0 Å². The maximum absolute atomic E-state index is 11.1. The second-order valence-corrected chi connectivity index (χ2v) is 4.57. The van der Waals surface area contributed by atoms with Gasteiger partial charge in [0.05, 0.1) is 0 Å². The zero-order valence-corrected chi connectivity index (χ0v) is 11.4. The highest BCUT2D eigenvalue weighted by Gasteiger charge is 2.04. The van der Waals surface area contributed by atoms with Crippen LogP contribution in [0.3, 0.4) is 0 Å². The summed E-state index contributed by atoms with van der Waals surface area (Å²) in [5.74, 6) is 0.202. The van der Waals surface area contributed by atoms with E-state index < -0.39 is 0 Å². The van der Waals surface area contributed by atoms with E-state index in [1.165, 1.54) is 6.92 Å². The lowest BCUT2D eigenvalue weighted by atomic mass is 10.1. The number of phenolic OH excluding ortho intramolecular Hbond substituents is 1. The molecule has 104 valence electrons. The van der Waals surface area contributed by atoms with Crippen molar-refractivity contribution in [3.63, 3.8) is 0 Å². The molecular weight excluding hydrogens is 252 g/mol. The van der Waals surface area contributed by atoms with Crippen LogP contribution >= 0.6 is 0 Å². The molecule has 0 radical (unpaired) electrons. The third-order valence-electron chi connectivity index (χ3n) is 2.95. The van der Waals surface area contributed by atoms with Gasteiger partial charge in [0.25, 0.3) is 0 Å². The lowest BCUT2D eigenvalue weighted by Gasteiger charge is -2.11. The van der Waals surface area contributed by atoms with Gasteiger partial charge >= 0.3 is 0 Å². The first kappa shape index (κ1) is 14.1. The highest BCUT2D eigenvalue weighted by Crippen LogP contribution is 2.17.